The van der Waals surface area contributed by atoms with Gasteiger partial charge in [0.05, 0.1) is 6.10 Å². The first kappa shape index (κ1) is 23.1. The van der Waals surface area contributed by atoms with Crippen molar-refractivity contribution in [2.45, 2.75) is 95.9 Å². The van der Waals surface area contributed by atoms with Gasteiger partial charge in [0.25, 0.3) is 5.97 Å². The van der Waals surface area contributed by atoms with Gasteiger partial charge < -0.3 is 18.9 Å². The topological polar surface area (TPSA) is 74.4 Å². The molecule has 2 heterocycles. The molecule has 2 spiro atoms. The van der Waals surface area contributed by atoms with E-state index in [0.717, 1.165) is 38.5 Å². The van der Waals surface area contributed by atoms with Gasteiger partial charge in [-0.25, -0.2) is 0 Å². The molecule has 34 heavy (non-hydrogen) atoms. The minimum atomic E-state index is -1.17. The third-order valence-electron chi connectivity index (χ3n) is 10.8. The molecular weight excluding hydrogens is 432 g/mol. The Bertz CT molecular complexity index is 1000. The van der Waals surface area contributed by atoms with Gasteiger partial charge in [-0.15, -0.1) is 0 Å². The lowest BCUT2D eigenvalue weighted by Crippen LogP contribution is -2.68. The minimum Gasteiger partial charge on any atom is -0.364 e. The predicted octanol–water partition coefficient (Wildman–Crippen LogP) is 4.52. The van der Waals surface area contributed by atoms with Gasteiger partial charge in [-0.3, -0.25) is 9.59 Å². The summed E-state index contributed by atoms with van der Waals surface area (Å²) in [5.41, 5.74) is -0.623. The Morgan fingerprint density at radius 2 is 2.00 bits per heavy atom. The summed E-state index contributed by atoms with van der Waals surface area (Å²) in [7, 11) is 1.63. The maximum atomic E-state index is 13.8. The van der Waals surface area contributed by atoms with E-state index in [-0.39, 0.29) is 46.6 Å². The number of epoxide rings is 1. The number of unbranched alkanes of at least 4 members (excludes halogenated alkanes) is 1. The van der Waals surface area contributed by atoms with Gasteiger partial charge in [0.2, 0.25) is 0 Å². The molecule has 9 atom stereocenters. The largest absolute Gasteiger partial charge is 0.364 e. The number of hydrogen-bond donors (Lipinski definition) is 0. The van der Waals surface area contributed by atoms with E-state index in [0.29, 0.717) is 18.3 Å². The van der Waals surface area contributed by atoms with E-state index in [1.807, 2.05) is 6.08 Å². The Morgan fingerprint density at radius 1 is 1.21 bits per heavy atom. The zero-order valence-electron chi connectivity index (χ0n) is 21.1. The molecular formula is C28H38O6. The molecule has 0 aromatic heterocycles. The average molecular weight is 471 g/mol. The van der Waals surface area contributed by atoms with Gasteiger partial charge in [0.1, 0.15) is 17.8 Å². The second-order valence-electron chi connectivity index (χ2n) is 12.1. The molecule has 0 unspecified atom stereocenters. The van der Waals surface area contributed by atoms with Crippen LogP contribution in [0.15, 0.2) is 23.8 Å². The second kappa shape index (κ2) is 7.12. The highest BCUT2D eigenvalue weighted by atomic mass is 16.9. The fraction of sp³-hybridized carbons (Fsp3) is 0.786. The number of carbonyl (C=O) groups is 2. The van der Waals surface area contributed by atoms with Crippen molar-refractivity contribution >= 4 is 11.6 Å². The number of fused-ring (bicyclic) bond motifs is 4. The minimum absolute atomic E-state index is 0.0288. The van der Waals surface area contributed by atoms with E-state index in [1.165, 1.54) is 5.57 Å². The van der Waals surface area contributed by atoms with Crippen LogP contribution in [0.5, 0.6) is 0 Å². The van der Waals surface area contributed by atoms with Crippen LogP contribution in [0.3, 0.4) is 0 Å². The lowest BCUT2D eigenvalue weighted by Gasteiger charge is -2.58. The van der Waals surface area contributed by atoms with Crippen molar-refractivity contribution in [3.8, 4) is 0 Å². The third-order valence-corrected chi connectivity index (χ3v) is 10.8. The first-order valence-electron chi connectivity index (χ1n) is 13.2. The number of carbonyl (C=O) groups excluding carboxylic acids is 2. The van der Waals surface area contributed by atoms with E-state index in [2.05, 4.69) is 33.8 Å². The summed E-state index contributed by atoms with van der Waals surface area (Å²) in [5.74, 6) is -0.349. The molecule has 0 aromatic rings. The molecule has 6 rings (SSSR count). The molecule has 0 bridgehead atoms. The van der Waals surface area contributed by atoms with Crippen molar-refractivity contribution in [1.29, 1.82) is 0 Å². The molecule has 6 nitrogen and oxygen atoms in total. The van der Waals surface area contributed by atoms with Crippen molar-refractivity contribution in [3.05, 3.63) is 23.8 Å². The number of methoxy groups -OCH3 is 1. The van der Waals surface area contributed by atoms with Crippen LogP contribution in [0, 0.1) is 28.6 Å². The van der Waals surface area contributed by atoms with E-state index in [9.17, 15) is 9.59 Å². The number of allylic oxidation sites excluding steroid dienone is 2. The fourth-order valence-electron chi connectivity index (χ4n) is 9.11. The number of hydrogen-bond acceptors (Lipinski definition) is 6. The maximum Gasteiger partial charge on any atom is 0.284 e. The van der Waals surface area contributed by atoms with Gasteiger partial charge in [-0.05, 0) is 68.9 Å². The summed E-state index contributed by atoms with van der Waals surface area (Å²) >= 11 is 0. The van der Waals surface area contributed by atoms with E-state index in [1.54, 1.807) is 13.2 Å². The number of ketones is 2. The summed E-state index contributed by atoms with van der Waals surface area (Å²) < 4.78 is 25.3. The summed E-state index contributed by atoms with van der Waals surface area (Å²) in [5, 5.41) is 0. The molecule has 186 valence electrons. The zero-order chi connectivity index (χ0) is 24.1. The number of ether oxygens (including phenoxy) is 4. The monoisotopic (exact) mass is 470 g/mol. The first-order valence-corrected chi connectivity index (χ1v) is 13.2. The lowest BCUT2D eigenvalue weighted by atomic mass is 9.46. The van der Waals surface area contributed by atoms with Gasteiger partial charge in [0.15, 0.2) is 11.6 Å². The molecule has 4 aliphatic carbocycles. The molecule has 3 saturated carbocycles. The summed E-state index contributed by atoms with van der Waals surface area (Å²) in [4.78, 5) is 25.9. The highest BCUT2D eigenvalue weighted by Gasteiger charge is 2.83. The molecule has 6 aliphatic rings. The Hall–Kier alpha value is -1.34. The Labute approximate surface area is 202 Å². The Morgan fingerprint density at radius 3 is 2.74 bits per heavy atom. The van der Waals surface area contributed by atoms with Gasteiger partial charge >= 0.3 is 0 Å². The fourth-order valence-corrected chi connectivity index (χ4v) is 9.11. The Kier molecular flexibility index (Phi) is 4.83. The molecule has 0 aromatic carbocycles. The molecule has 5 fully saturated rings. The van der Waals surface area contributed by atoms with Crippen LogP contribution in [-0.2, 0) is 28.5 Å². The summed E-state index contributed by atoms with van der Waals surface area (Å²) in [6.07, 6.45) is 11.8. The lowest BCUT2D eigenvalue weighted by molar-refractivity contribution is -0.429. The Balaban J connectivity index is 1.41. The molecule has 0 N–H and O–H groups in total. The van der Waals surface area contributed by atoms with Gasteiger partial charge in [0, 0.05) is 24.4 Å². The average Bonchev–Trinajstić information content (AvgIpc) is 3.49. The van der Waals surface area contributed by atoms with Crippen LogP contribution in [0.25, 0.3) is 0 Å². The van der Waals surface area contributed by atoms with Crippen molar-refractivity contribution < 1.29 is 28.5 Å². The van der Waals surface area contributed by atoms with Crippen LogP contribution in [0.4, 0.5) is 0 Å². The first-order chi connectivity index (χ1) is 16.1. The van der Waals surface area contributed by atoms with E-state index in [4.69, 9.17) is 18.9 Å². The van der Waals surface area contributed by atoms with Crippen LogP contribution in [0.1, 0.15) is 72.6 Å². The zero-order valence-corrected chi connectivity index (χ0v) is 21.1. The SMILES string of the molecule is CCCC[C@@]1(OC)OCC(=O)[C@@]2(O1)[C@@H](C)C[C@H]1[C@@H]3CCC4=CC(=O)C=C[C@]4(C)[C@@]34O[C@H]4C[C@@]12C. The molecule has 0 radical (unpaired) electrons. The van der Waals surface area contributed by atoms with Gasteiger partial charge in [-0.1, -0.05) is 38.8 Å². The second-order valence-corrected chi connectivity index (χ2v) is 12.1. The highest BCUT2D eigenvalue weighted by molar-refractivity contribution is 6.01. The normalized spacial score (nSPS) is 53.1. The summed E-state index contributed by atoms with van der Waals surface area (Å²) in [6, 6.07) is 0. The van der Waals surface area contributed by atoms with Crippen LogP contribution >= 0.6 is 0 Å². The van der Waals surface area contributed by atoms with Crippen LogP contribution in [-0.4, -0.2) is 48.6 Å². The quantitative estimate of drug-likeness (QED) is 0.563. The predicted molar refractivity (Wildman–Crippen MR) is 125 cm³/mol. The molecule has 2 saturated heterocycles. The number of Topliss-reactive ketones (excluding diaryl/α,β-unsaturated/α-hetero) is 1. The van der Waals surface area contributed by atoms with Crippen molar-refractivity contribution in [2.75, 3.05) is 13.7 Å². The van der Waals surface area contributed by atoms with Gasteiger partial charge in [-0.2, -0.15) is 0 Å². The van der Waals surface area contributed by atoms with E-state index < -0.39 is 11.6 Å². The van der Waals surface area contributed by atoms with Crippen LogP contribution in [0.2, 0.25) is 0 Å². The van der Waals surface area contributed by atoms with Crippen molar-refractivity contribution in [2.24, 2.45) is 28.6 Å². The van der Waals surface area contributed by atoms with Crippen molar-refractivity contribution in [3.63, 3.8) is 0 Å². The van der Waals surface area contributed by atoms with Crippen molar-refractivity contribution in [1.82, 2.24) is 0 Å². The number of rotatable bonds is 4. The highest BCUT2D eigenvalue weighted by Crippen LogP contribution is 2.77. The van der Waals surface area contributed by atoms with E-state index >= 15 is 0 Å². The smallest absolute Gasteiger partial charge is 0.284 e. The molecule has 0 amide bonds. The molecule has 6 heteroatoms. The maximum absolute atomic E-state index is 13.8. The molecule has 2 aliphatic heterocycles. The third kappa shape index (κ3) is 2.51. The van der Waals surface area contributed by atoms with Crippen LogP contribution < -0.4 is 0 Å². The summed E-state index contributed by atoms with van der Waals surface area (Å²) in [6.45, 7) is 8.86. The standard InChI is InChI=1S/C28H38O6/c1-6-7-11-26(31-5)32-16-22(30)27(34-26)17(2)13-21-20-9-8-18-14-19(29)10-12-24(18,3)28(20)23(33-28)15-25(21,27)4/h10,12,14,17,20-21,23H,6-9,11,13,15-16H2,1-5H3/t17-,20-,21-,23-,24-,25-,26+,27-,28+/m0/s1.